The SMILES string of the molecule is CC(C)CCCC(C)OCCCC1OCCO1. The van der Waals surface area contributed by atoms with E-state index in [9.17, 15) is 0 Å². The highest BCUT2D eigenvalue weighted by Gasteiger charge is 2.15. The van der Waals surface area contributed by atoms with E-state index in [2.05, 4.69) is 20.8 Å². The molecule has 0 aliphatic carbocycles. The Morgan fingerprint density at radius 2 is 1.76 bits per heavy atom. The number of rotatable bonds is 9. The minimum atomic E-state index is 0.0230. The number of ether oxygens (including phenoxy) is 3. The third-order valence-corrected chi connectivity index (χ3v) is 3.07. The Morgan fingerprint density at radius 1 is 1.06 bits per heavy atom. The van der Waals surface area contributed by atoms with Crippen molar-refractivity contribution in [3.05, 3.63) is 0 Å². The first-order chi connectivity index (χ1) is 8.18. The Bertz CT molecular complexity index is 176. The highest BCUT2D eigenvalue weighted by atomic mass is 16.7. The van der Waals surface area contributed by atoms with Crippen molar-refractivity contribution in [3.8, 4) is 0 Å². The lowest BCUT2D eigenvalue weighted by Crippen LogP contribution is -2.13. The lowest BCUT2D eigenvalue weighted by molar-refractivity contribution is -0.0541. The molecule has 1 unspecified atom stereocenters. The van der Waals surface area contributed by atoms with Gasteiger partial charge in [-0.05, 0) is 25.7 Å². The lowest BCUT2D eigenvalue weighted by Gasteiger charge is -2.14. The molecule has 1 aliphatic heterocycles. The van der Waals surface area contributed by atoms with Crippen molar-refractivity contribution in [1.29, 1.82) is 0 Å². The summed E-state index contributed by atoms with van der Waals surface area (Å²) < 4.78 is 16.5. The van der Waals surface area contributed by atoms with Crippen molar-refractivity contribution < 1.29 is 14.2 Å². The summed E-state index contributed by atoms with van der Waals surface area (Å²) in [7, 11) is 0. The molecule has 0 bridgehead atoms. The maximum atomic E-state index is 5.77. The molecule has 0 aromatic carbocycles. The third-order valence-electron chi connectivity index (χ3n) is 3.07. The zero-order chi connectivity index (χ0) is 12.5. The summed E-state index contributed by atoms with van der Waals surface area (Å²) in [6.45, 7) is 9.03. The lowest BCUT2D eigenvalue weighted by atomic mass is 10.0. The smallest absolute Gasteiger partial charge is 0.157 e. The van der Waals surface area contributed by atoms with Gasteiger partial charge < -0.3 is 14.2 Å². The van der Waals surface area contributed by atoms with E-state index in [0.29, 0.717) is 6.10 Å². The van der Waals surface area contributed by atoms with Crippen LogP contribution >= 0.6 is 0 Å². The monoisotopic (exact) mass is 244 g/mol. The van der Waals surface area contributed by atoms with Crippen molar-refractivity contribution in [1.82, 2.24) is 0 Å². The number of hydrogen-bond acceptors (Lipinski definition) is 3. The van der Waals surface area contributed by atoms with Crippen LogP contribution in [0, 0.1) is 5.92 Å². The van der Waals surface area contributed by atoms with E-state index < -0.39 is 0 Å². The standard InChI is InChI=1S/C14H28O3/c1-12(2)6-4-7-13(3)15-9-5-8-14-16-10-11-17-14/h12-14H,4-11H2,1-3H3. The van der Waals surface area contributed by atoms with E-state index in [4.69, 9.17) is 14.2 Å². The quantitative estimate of drug-likeness (QED) is 0.582. The van der Waals surface area contributed by atoms with Gasteiger partial charge in [-0.1, -0.05) is 26.7 Å². The van der Waals surface area contributed by atoms with Gasteiger partial charge in [0.2, 0.25) is 0 Å². The molecule has 0 aromatic rings. The summed E-state index contributed by atoms with van der Waals surface area (Å²) in [5, 5.41) is 0. The molecule has 1 rings (SSSR count). The second-order valence-electron chi connectivity index (χ2n) is 5.32. The highest BCUT2D eigenvalue weighted by Crippen LogP contribution is 2.12. The predicted molar refractivity (Wildman–Crippen MR) is 69.0 cm³/mol. The van der Waals surface area contributed by atoms with Crippen LogP contribution in [0.25, 0.3) is 0 Å². The highest BCUT2D eigenvalue weighted by molar-refractivity contribution is 4.55. The molecule has 0 amide bonds. The van der Waals surface area contributed by atoms with Crippen LogP contribution in [0.1, 0.15) is 52.9 Å². The molecule has 1 fully saturated rings. The molecule has 0 aromatic heterocycles. The van der Waals surface area contributed by atoms with Crippen LogP contribution in [0.15, 0.2) is 0 Å². The van der Waals surface area contributed by atoms with Crippen LogP contribution in [0.3, 0.4) is 0 Å². The fraction of sp³-hybridized carbons (Fsp3) is 1.00. The van der Waals surface area contributed by atoms with Crippen LogP contribution in [0.5, 0.6) is 0 Å². The molecule has 102 valence electrons. The Balaban J connectivity index is 1.87. The fourth-order valence-electron chi connectivity index (χ4n) is 2.01. The summed E-state index contributed by atoms with van der Waals surface area (Å²) in [5.74, 6) is 0.805. The second kappa shape index (κ2) is 8.90. The maximum Gasteiger partial charge on any atom is 0.157 e. The topological polar surface area (TPSA) is 27.7 Å². The Hall–Kier alpha value is -0.120. The van der Waals surface area contributed by atoms with Gasteiger partial charge in [-0.2, -0.15) is 0 Å². The summed E-state index contributed by atoms with van der Waals surface area (Å²) in [4.78, 5) is 0. The number of hydrogen-bond donors (Lipinski definition) is 0. The van der Waals surface area contributed by atoms with Crippen molar-refractivity contribution in [2.24, 2.45) is 5.92 Å². The average Bonchev–Trinajstić information content (AvgIpc) is 2.76. The van der Waals surface area contributed by atoms with Gasteiger partial charge in [0.15, 0.2) is 6.29 Å². The molecular formula is C14H28O3. The largest absolute Gasteiger partial charge is 0.379 e. The summed E-state index contributed by atoms with van der Waals surface area (Å²) in [6, 6.07) is 0. The van der Waals surface area contributed by atoms with Gasteiger partial charge in [-0.3, -0.25) is 0 Å². The van der Waals surface area contributed by atoms with Gasteiger partial charge in [0, 0.05) is 13.0 Å². The first kappa shape index (κ1) is 14.9. The summed E-state index contributed by atoms with van der Waals surface area (Å²) in [5.41, 5.74) is 0. The summed E-state index contributed by atoms with van der Waals surface area (Å²) >= 11 is 0. The van der Waals surface area contributed by atoms with Crippen molar-refractivity contribution in [3.63, 3.8) is 0 Å². The molecule has 1 saturated heterocycles. The van der Waals surface area contributed by atoms with Crippen LogP contribution in [-0.4, -0.2) is 32.2 Å². The van der Waals surface area contributed by atoms with E-state index in [1.807, 2.05) is 0 Å². The molecule has 0 radical (unpaired) electrons. The Labute approximate surface area is 106 Å². The van der Waals surface area contributed by atoms with Crippen LogP contribution in [-0.2, 0) is 14.2 Å². The minimum Gasteiger partial charge on any atom is -0.379 e. The molecule has 3 nitrogen and oxygen atoms in total. The van der Waals surface area contributed by atoms with E-state index in [1.165, 1.54) is 19.3 Å². The van der Waals surface area contributed by atoms with Crippen LogP contribution in [0.4, 0.5) is 0 Å². The molecule has 0 N–H and O–H groups in total. The van der Waals surface area contributed by atoms with E-state index in [0.717, 1.165) is 38.6 Å². The van der Waals surface area contributed by atoms with Gasteiger partial charge in [0.25, 0.3) is 0 Å². The Morgan fingerprint density at radius 3 is 2.41 bits per heavy atom. The van der Waals surface area contributed by atoms with Gasteiger partial charge in [-0.25, -0.2) is 0 Å². The van der Waals surface area contributed by atoms with E-state index in [-0.39, 0.29) is 6.29 Å². The molecule has 0 saturated carbocycles. The maximum absolute atomic E-state index is 5.77. The van der Waals surface area contributed by atoms with Crippen LogP contribution < -0.4 is 0 Å². The molecular weight excluding hydrogens is 216 g/mol. The van der Waals surface area contributed by atoms with Crippen molar-refractivity contribution >= 4 is 0 Å². The molecule has 3 heteroatoms. The first-order valence-electron chi connectivity index (χ1n) is 7.03. The summed E-state index contributed by atoms with van der Waals surface area (Å²) in [6.07, 6.45) is 6.14. The zero-order valence-corrected chi connectivity index (χ0v) is 11.6. The third kappa shape index (κ3) is 7.74. The molecule has 1 atom stereocenters. The van der Waals surface area contributed by atoms with Gasteiger partial charge in [-0.15, -0.1) is 0 Å². The van der Waals surface area contributed by atoms with Crippen LogP contribution in [0.2, 0.25) is 0 Å². The molecule has 1 aliphatic rings. The first-order valence-corrected chi connectivity index (χ1v) is 7.03. The van der Waals surface area contributed by atoms with E-state index in [1.54, 1.807) is 0 Å². The average molecular weight is 244 g/mol. The fourth-order valence-corrected chi connectivity index (χ4v) is 2.01. The predicted octanol–water partition coefficient (Wildman–Crippen LogP) is 3.37. The Kier molecular flexibility index (Phi) is 7.82. The minimum absolute atomic E-state index is 0.0230. The van der Waals surface area contributed by atoms with Crippen molar-refractivity contribution in [2.45, 2.75) is 65.3 Å². The van der Waals surface area contributed by atoms with Gasteiger partial charge in [0.05, 0.1) is 19.3 Å². The van der Waals surface area contributed by atoms with Gasteiger partial charge in [0.1, 0.15) is 0 Å². The van der Waals surface area contributed by atoms with Gasteiger partial charge >= 0.3 is 0 Å². The van der Waals surface area contributed by atoms with E-state index >= 15 is 0 Å². The molecule has 0 spiro atoms. The normalized spacial score (nSPS) is 19.1. The second-order valence-corrected chi connectivity index (χ2v) is 5.32. The zero-order valence-electron chi connectivity index (χ0n) is 11.6. The van der Waals surface area contributed by atoms with Crippen molar-refractivity contribution in [2.75, 3.05) is 19.8 Å². The molecule has 17 heavy (non-hydrogen) atoms. The molecule has 1 heterocycles.